The van der Waals surface area contributed by atoms with Crippen LogP contribution in [0.4, 0.5) is 16.4 Å². The summed E-state index contributed by atoms with van der Waals surface area (Å²) >= 11 is 6.13. The summed E-state index contributed by atoms with van der Waals surface area (Å²) in [5.41, 5.74) is 2.24. The summed E-state index contributed by atoms with van der Waals surface area (Å²) in [6, 6.07) is -0.500. The molecule has 0 bridgehead atoms. The normalized spacial score (nSPS) is 19.2. The second-order valence-electron chi connectivity index (χ2n) is 7.47. The zero-order valence-corrected chi connectivity index (χ0v) is 17.3. The Balaban J connectivity index is 1.41. The molecule has 2 aliphatic carbocycles. The van der Waals surface area contributed by atoms with Crippen molar-refractivity contribution in [1.29, 1.82) is 0 Å². The van der Waals surface area contributed by atoms with Gasteiger partial charge in [0.1, 0.15) is 0 Å². The van der Waals surface area contributed by atoms with E-state index < -0.39 is 12.1 Å². The van der Waals surface area contributed by atoms with Gasteiger partial charge in [-0.3, -0.25) is 0 Å². The molecule has 2 aromatic rings. The number of rotatable bonds is 7. The molecule has 9 nitrogen and oxygen atoms in total. The smallest absolute Gasteiger partial charge is 0.319 e. The minimum absolute atomic E-state index is 0.141. The van der Waals surface area contributed by atoms with Gasteiger partial charge in [0.2, 0.25) is 5.95 Å². The van der Waals surface area contributed by atoms with Gasteiger partial charge in [-0.15, -0.1) is 11.6 Å². The molecule has 10 heteroatoms. The molecular weight excluding hydrogens is 406 g/mol. The van der Waals surface area contributed by atoms with Crippen molar-refractivity contribution in [2.75, 3.05) is 17.2 Å². The first-order valence-corrected chi connectivity index (χ1v) is 10.3. The van der Waals surface area contributed by atoms with Crippen LogP contribution in [-0.2, 0) is 0 Å². The van der Waals surface area contributed by atoms with Crippen molar-refractivity contribution >= 4 is 29.3 Å². The summed E-state index contributed by atoms with van der Waals surface area (Å²) < 4.78 is 1.60. The van der Waals surface area contributed by atoms with Crippen LogP contribution in [0.5, 0.6) is 0 Å². The van der Waals surface area contributed by atoms with E-state index in [1.54, 1.807) is 23.3 Å². The van der Waals surface area contributed by atoms with E-state index in [0.29, 0.717) is 29.9 Å². The highest BCUT2D eigenvalue weighted by molar-refractivity contribution is 6.22. The maximum atomic E-state index is 12.4. The first-order valence-electron chi connectivity index (χ1n) is 9.86. The van der Waals surface area contributed by atoms with Crippen LogP contribution in [0.2, 0.25) is 0 Å². The zero-order valence-electron chi connectivity index (χ0n) is 16.5. The minimum Gasteiger partial charge on any atom is -0.394 e. The largest absolute Gasteiger partial charge is 0.394 e. The Kier molecular flexibility index (Phi) is 6.01. The molecule has 2 amide bonds. The molecule has 2 aliphatic rings. The zero-order chi connectivity index (χ0) is 21.1. The maximum Gasteiger partial charge on any atom is 0.319 e. The van der Waals surface area contributed by atoms with Crippen molar-refractivity contribution < 1.29 is 9.90 Å². The van der Waals surface area contributed by atoms with Crippen molar-refractivity contribution in [3.05, 3.63) is 48.0 Å². The van der Waals surface area contributed by atoms with Crippen LogP contribution in [0.1, 0.15) is 24.8 Å². The van der Waals surface area contributed by atoms with Crippen LogP contribution >= 0.6 is 11.6 Å². The molecule has 1 saturated carbocycles. The average Bonchev–Trinajstić information content (AvgIpc) is 3.43. The van der Waals surface area contributed by atoms with Gasteiger partial charge >= 0.3 is 6.03 Å². The van der Waals surface area contributed by atoms with E-state index in [1.807, 2.05) is 25.2 Å². The Bertz CT molecular complexity index is 983. The lowest BCUT2D eigenvalue weighted by Crippen LogP contribution is -2.42. The molecular formula is C20H24ClN7O2. The Morgan fingerprint density at radius 3 is 2.97 bits per heavy atom. The highest BCUT2D eigenvalue weighted by atomic mass is 35.5. The van der Waals surface area contributed by atoms with Gasteiger partial charge in [-0.25, -0.2) is 14.5 Å². The van der Waals surface area contributed by atoms with Crippen molar-refractivity contribution in [2.45, 2.75) is 43.6 Å². The quantitative estimate of drug-likeness (QED) is 0.502. The van der Waals surface area contributed by atoms with Gasteiger partial charge in [0.05, 0.1) is 36.1 Å². The van der Waals surface area contributed by atoms with E-state index in [1.165, 1.54) is 0 Å². The fourth-order valence-corrected chi connectivity index (χ4v) is 3.41. The predicted molar refractivity (Wildman–Crippen MR) is 115 cm³/mol. The van der Waals surface area contributed by atoms with E-state index in [9.17, 15) is 9.90 Å². The highest BCUT2D eigenvalue weighted by Gasteiger charge is 2.23. The van der Waals surface area contributed by atoms with E-state index in [2.05, 4.69) is 31.0 Å². The van der Waals surface area contributed by atoms with Crippen molar-refractivity contribution in [1.82, 2.24) is 25.1 Å². The molecule has 2 heterocycles. The Morgan fingerprint density at radius 2 is 2.23 bits per heavy atom. The first kappa shape index (κ1) is 20.4. The average molecular weight is 430 g/mol. The van der Waals surface area contributed by atoms with Gasteiger partial charge in [0.25, 0.3) is 0 Å². The summed E-state index contributed by atoms with van der Waals surface area (Å²) in [7, 11) is 0. The topological polar surface area (TPSA) is 117 Å². The third-order valence-electron chi connectivity index (χ3n) is 4.91. The number of amides is 2. The molecule has 4 N–H and O–H groups in total. The second-order valence-corrected chi connectivity index (χ2v) is 8.03. The lowest BCUT2D eigenvalue weighted by molar-refractivity contribution is 0.232. The Hall–Kier alpha value is -2.91. The predicted octanol–water partition coefficient (Wildman–Crippen LogP) is 2.52. The second kappa shape index (κ2) is 8.85. The summed E-state index contributed by atoms with van der Waals surface area (Å²) in [4.78, 5) is 21.3. The number of alkyl halides is 1. The number of carbonyl (C=O) groups excluding carboxylic acids is 1. The number of urea groups is 1. The van der Waals surface area contributed by atoms with Crippen molar-refractivity contribution in [3.8, 4) is 5.82 Å². The lowest BCUT2D eigenvalue weighted by Gasteiger charge is -2.22. The highest BCUT2D eigenvalue weighted by Crippen LogP contribution is 2.24. The van der Waals surface area contributed by atoms with E-state index in [0.717, 1.165) is 24.0 Å². The van der Waals surface area contributed by atoms with Gasteiger partial charge < -0.3 is 21.1 Å². The van der Waals surface area contributed by atoms with E-state index in [4.69, 9.17) is 11.6 Å². The molecule has 30 heavy (non-hydrogen) atoms. The number of nitrogens with one attached hydrogen (secondary N) is 3. The lowest BCUT2D eigenvalue weighted by atomic mass is 9.98. The Labute approximate surface area is 179 Å². The van der Waals surface area contributed by atoms with Crippen LogP contribution < -0.4 is 16.0 Å². The number of halogens is 1. The summed E-state index contributed by atoms with van der Waals surface area (Å²) in [6.45, 7) is 1.69. The first-order chi connectivity index (χ1) is 14.5. The number of allylic oxidation sites excluding steroid dienone is 3. The van der Waals surface area contributed by atoms with E-state index in [-0.39, 0.29) is 12.0 Å². The number of nitrogens with zero attached hydrogens (tertiary/aromatic N) is 4. The molecule has 0 aliphatic heterocycles. The number of aliphatic hydroxyl groups excluding tert-OH is 1. The van der Waals surface area contributed by atoms with Crippen LogP contribution in [0.15, 0.2) is 42.4 Å². The van der Waals surface area contributed by atoms with Gasteiger partial charge in [-0.05, 0) is 31.8 Å². The SMILES string of the molecule is Cc1cnc(NC2CC2)nc1-n1cc(NC(=O)NC(CO)C2=CC=C[C@H](Cl)C2)cn1. The van der Waals surface area contributed by atoms with Gasteiger partial charge in [0.15, 0.2) is 5.82 Å². The number of hydrogen-bond donors (Lipinski definition) is 4. The number of carbonyl (C=O) groups is 1. The fourth-order valence-electron chi connectivity index (χ4n) is 3.15. The van der Waals surface area contributed by atoms with Gasteiger partial charge in [-0.1, -0.05) is 18.2 Å². The molecule has 2 atom stereocenters. The molecule has 1 fully saturated rings. The third kappa shape index (κ3) is 4.98. The molecule has 1 unspecified atom stereocenters. The molecule has 0 saturated heterocycles. The molecule has 0 radical (unpaired) electrons. The number of aromatic nitrogens is 4. The number of aryl methyl sites for hydroxylation is 1. The van der Waals surface area contributed by atoms with Crippen LogP contribution in [0.25, 0.3) is 5.82 Å². The van der Waals surface area contributed by atoms with Crippen LogP contribution in [-0.4, -0.2) is 55.0 Å². The minimum atomic E-state index is -0.508. The molecule has 4 rings (SSSR count). The third-order valence-corrected chi connectivity index (χ3v) is 5.21. The molecule has 0 spiro atoms. The molecule has 0 aromatic carbocycles. The summed E-state index contributed by atoms with van der Waals surface area (Å²) in [5, 5.41) is 22.6. The van der Waals surface area contributed by atoms with Crippen LogP contribution in [0.3, 0.4) is 0 Å². The van der Waals surface area contributed by atoms with Crippen molar-refractivity contribution in [2.24, 2.45) is 0 Å². The Morgan fingerprint density at radius 1 is 1.40 bits per heavy atom. The number of anilines is 2. The van der Waals surface area contributed by atoms with Crippen molar-refractivity contribution in [3.63, 3.8) is 0 Å². The maximum absolute atomic E-state index is 12.4. The van der Waals surface area contributed by atoms with Crippen LogP contribution in [0, 0.1) is 6.92 Å². The standard InChI is InChI=1S/C20H24ClN7O2/c1-12-8-22-19(24-15-5-6-15)27-18(12)28-10-16(9-23-28)25-20(30)26-17(11-29)13-3-2-4-14(21)7-13/h2-4,8-10,14-15,17,29H,5-7,11H2,1H3,(H,22,24,27)(H2,25,26,30)/t14-,17?/m0/s1. The summed E-state index contributed by atoms with van der Waals surface area (Å²) in [5.74, 6) is 1.21. The number of aliphatic hydroxyl groups is 1. The fraction of sp³-hybridized carbons (Fsp3) is 0.400. The van der Waals surface area contributed by atoms with E-state index >= 15 is 0 Å². The summed E-state index contributed by atoms with van der Waals surface area (Å²) in [6.07, 6.45) is 13.4. The molecule has 158 valence electrons. The number of hydrogen-bond acceptors (Lipinski definition) is 6. The molecule has 2 aromatic heterocycles. The van der Waals surface area contributed by atoms with Gasteiger partial charge in [-0.2, -0.15) is 10.1 Å². The van der Waals surface area contributed by atoms with Gasteiger partial charge in [0, 0.05) is 17.8 Å². The monoisotopic (exact) mass is 429 g/mol.